The van der Waals surface area contributed by atoms with Crippen molar-refractivity contribution in [2.24, 2.45) is 0 Å². The van der Waals surface area contributed by atoms with Crippen LogP contribution in [0.5, 0.6) is 0 Å². The van der Waals surface area contributed by atoms with E-state index < -0.39 is 5.92 Å². The lowest BCUT2D eigenvalue weighted by Crippen LogP contribution is -2.25. The number of para-hydroxylation sites is 1. The van der Waals surface area contributed by atoms with E-state index in [1.165, 1.54) is 51.4 Å². The fraction of sp³-hybridized carbons (Fsp3) is 0.576. The maximum Gasteiger partial charge on any atom is 0.239 e. The van der Waals surface area contributed by atoms with Crippen molar-refractivity contribution in [3.8, 4) is 0 Å². The summed E-state index contributed by atoms with van der Waals surface area (Å²) in [5, 5.41) is 16.5. The summed E-state index contributed by atoms with van der Waals surface area (Å²) in [5.74, 6) is -0.552. The molecular formula is C33H49N5O3. The molecule has 8 nitrogen and oxygen atoms in total. The number of nitrogens with zero attached hydrogens (tertiary/aromatic N) is 4. The van der Waals surface area contributed by atoms with Crippen LogP contribution in [0.2, 0.25) is 0 Å². The van der Waals surface area contributed by atoms with Gasteiger partial charge in [-0.25, -0.2) is 0 Å². The summed E-state index contributed by atoms with van der Waals surface area (Å²) in [6.45, 7) is 6.87. The average Bonchev–Trinajstić information content (AvgIpc) is 3.46. The second kappa shape index (κ2) is 17.7. The Bertz CT molecular complexity index is 1140. The van der Waals surface area contributed by atoms with Crippen LogP contribution >= 0.6 is 0 Å². The standard InChI is InChI=1S/C33H49N5O3/c1-6-7-8-9-10-11-12-13-14-18-24-38-36-32(35-37-38)30(27-20-16-15-17-21-27)33(39)34-31-28(25(2)40-4)22-19-23-29(31)26(3)41-5/h15-17,19-23,25-26,30H,6-14,18,24H2,1-5H3,(H,34,39). The van der Waals surface area contributed by atoms with Gasteiger partial charge in [0.15, 0.2) is 5.82 Å². The van der Waals surface area contributed by atoms with Crippen molar-refractivity contribution in [2.45, 2.75) is 110 Å². The van der Waals surface area contributed by atoms with Gasteiger partial charge >= 0.3 is 0 Å². The van der Waals surface area contributed by atoms with Crippen LogP contribution in [-0.4, -0.2) is 40.3 Å². The zero-order chi connectivity index (χ0) is 29.5. The Morgan fingerprint density at radius 1 is 0.805 bits per heavy atom. The molecule has 0 aliphatic rings. The number of hydrogen-bond acceptors (Lipinski definition) is 6. The molecule has 1 amide bonds. The molecule has 0 radical (unpaired) electrons. The predicted molar refractivity (Wildman–Crippen MR) is 164 cm³/mol. The fourth-order valence-corrected chi connectivity index (χ4v) is 5.13. The second-order valence-electron chi connectivity index (χ2n) is 10.8. The lowest BCUT2D eigenvalue weighted by atomic mass is 9.95. The van der Waals surface area contributed by atoms with Crippen LogP contribution in [0.3, 0.4) is 0 Å². The number of methoxy groups -OCH3 is 2. The summed E-state index contributed by atoms with van der Waals surface area (Å²) < 4.78 is 11.2. The van der Waals surface area contributed by atoms with Crippen LogP contribution in [0.4, 0.5) is 5.69 Å². The van der Waals surface area contributed by atoms with Gasteiger partial charge in [-0.2, -0.15) is 4.80 Å². The Hall–Kier alpha value is -3.10. The van der Waals surface area contributed by atoms with E-state index in [2.05, 4.69) is 27.7 Å². The van der Waals surface area contributed by atoms with E-state index in [1.807, 2.05) is 62.4 Å². The number of aromatic nitrogens is 4. The second-order valence-corrected chi connectivity index (χ2v) is 10.8. The highest BCUT2D eigenvalue weighted by Crippen LogP contribution is 2.34. The summed E-state index contributed by atoms with van der Waals surface area (Å²) in [5.41, 5.74) is 3.26. The number of carbonyl (C=O) groups is 1. The van der Waals surface area contributed by atoms with Crippen LogP contribution in [0.1, 0.15) is 126 Å². The van der Waals surface area contributed by atoms with Gasteiger partial charge in [0, 0.05) is 25.3 Å². The molecule has 1 N–H and O–H groups in total. The average molecular weight is 564 g/mol. The van der Waals surface area contributed by atoms with Crippen molar-refractivity contribution in [1.29, 1.82) is 0 Å². The SMILES string of the molecule is CCCCCCCCCCCCn1nnc(C(C(=O)Nc2c(C(C)OC)cccc2C(C)OC)c2ccccc2)n1. The lowest BCUT2D eigenvalue weighted by Gasteiger charge is -2.23. The summed E-state index contributed by atoms with van der Waals surface area (Å²) in [7, 11) is 3.32. The van der Waals surface area contributed by atoms with Gasteiger partial charge in [-0.1, -0.05) is 113 Å². The van der Waals surface area contributed by atoms with E-state index in [9.17, 15) is 4.79 Å². The maximum absolute atomic E-state index is 14.0. The van der Waals surface area contributed by atoms with Gasteiger partial charge in [0.1, 0.15) is 5.92 Å². The number of tetrazole rings is 1. The first-order chi connectivity index (χ1) is 20.0. The zero-order valence-electron chi connectivity index (χ0n) is 25.6. The molecule has 0 saturated carbocycles. The number of unbranched alkanes of at least 4 members (excludes halogenated alkanes) is 9. The number of anilines is 1. The van der Waals surface area contributed by atoms with Crippen molar-refractivity contribution in [3.05, 3.63) is 71.0 Å². The maximum atomic E-state index is 14.0. The predicted octanol–water partition coefficient (Wildman–Crippen LogP) is 7.78. The van der Waals surface area contributed by atoms with Gasteiger partial charge in [0.05, 0.1) is 24.4 Å². The highest BCUT2D eigenvalue weighted by molar-refractivity contribution is 5.98. The largest absolute Gasteiger partial charge is 0.377 e. The number of nitrogens with one attached hydrogen (secondary N) is 1. The minimum Gasteiger partial charge on any atom is -0.377 e. The highest BCUT2D eigenvalue weighted by Gasteiger charge is 2.29. The Morgan fingerprint density at radius 2 is 1.37 bits per heavy atom. The molecule has 1 heterocycles. The number of amides is 1. The molecule has 41 heavy (non-hydrogen) atoms. The molecule has 0 fully saturated rings. The molecule has 3 atom stereocenters. The van der Waals surface area contributed by atoms with Crippen LogP contribution in [0.25, 0.3) is 0 Å². The van der Waals surface area contributed by atoms with Gasteiger partial charge in [-0.05, 0) is 31.0 Å². The third-order valence-corrected chi connectivity index (χ3v) is 7.79. The number of ether oxygens (including phenoxy) is 2. The molecule has 3 rings (SSSR count). The van der Waals surface area contributed by atoms with Crippen molar-refractivity contribution < 1.29 is 14.3 Å². The van der Waals surface area contributed by atoms with E-state index >= 15 is 0 Å². The Labute approximate surface area is 246 Å². The third-order valence-electron chi connectivity index (χ3n) is 7.79. The molecule has 0 bridgehead atoms. The number of rotatable bonds is 19. The molecule has 224 valence electrons. The first-order valence-electron chi connectivity index (χ1n) is 15.3. The molecule has 2 aromatic carbocycles. The molecule has 3 unspecified atom stereocenters. The minimum absolute atomic E-state index is 0.218. The topological polar surface area (TPSA) is 91.2 Å². The van der Waals surface area contributed by atoms with Gasteiger partial charge in [0.25, 0.3) is 0 Å². The van der Waals surface area contributed by atoms with E-state index in [0.29, 0.717) is 18.1 Å². The van der Waals surface area contributed by atoms with E-state index in [4.69, 9.17) is 9.47 Å². The van der Waals surface area contributed by atoms with Gasteiger partial charge in [0.2, 0.25) is 5.91 Å². The quantitative estimate of drug-likeness (QED) is 0.150. The van der Waals surface area contributed by atoms with Crippen molar-refractivity contribution >= 4 is 11.6 Å². The first-order valence-corrected chi connectivity index (χ1v) is 15.3. The van der Waals surface area contributed by atoms with Crippen LogP contribution in [-0.2, 0) is 20.8 Å². The van der Waals surface area contributed by atoms with Crippen molar-refractivity contribution in [2.75, 3.05) is 19.5 Å². The van der Waals surface area contributed by atoms with E-state index in [1.54, 1.807) is 19.0 Å². The summed E-state index contributed by atoms with van der Waals surface area (Å²) in [4.78, 5) is 15.6. The Balaban J connectivity index is 1.70. The minimum atomic E-state index is -0.714. The third kappa shape index (κ3) is 9.75. The smallest absolute Gasteiger partial charge is 0.239 e. The van der Waals surface area contributed by atoms with E-state index in [-0.39, 0.29) is 18.1 Å². The summed E-state index contributed by atoms with van der Waals surface area (Å²) >= 11 is 0. The van der Waals surface area contributed by atoms with Crippen molar-refractivity contribution in [1.82, 2.24) is 20.2 Å². The van der Waals surface area contributed by atoms with Crippen molar-refractivity contribution in [3.63, 3.8) is 0 Å². The van der Waals surface area contributed by atoms with E-state index in [0.717, 1.165) is 29.5 Å². The molecule has 0 spiro atoms. The fourth-order valence-electron chi connectivity index (χ4n) is 5.13. The monoisotopic (exact) mass is 563 g/mol. The van der Waals surface area contributed by atoms with Gasteiger partial charge in [-0.15, -0.1) is 10.2 Å². The Kier molecular flexibility index (Phi) is 14.0. The number of aryl methyl sites for hydroxylation is 1. The van der Waals surface area contributed by atoms with Crippen LogP contribution in [0, 0.1) is 0 Å². The van der Waals surface area contributed by atoms with Gasteiger partial charge in [-0.3, -0.25) is 4.79 Å². The van der Waals surface area contributed by atoms with Gasteiger partial charge < -0.3 is 14.8 Å². The summed E-state index contributed by atoms with van der Waals surface area (Å²) in [6.07, 6.45) is 12.3. The highest BCUT2D eigenvalue weighted by atomic mass is 16.5. The lowest BCUT2D eigenvalue weighted by molar-refractivity contribution is -0.116. The van der Waals surface area contributed by atoms with Crippen LogP contribution < -0.4 is 5.32 Å². The summed E-state index contributed by atoms with van der Waals surface area (Å²) in [6, 6.07) is 15.5. The van der Waals surface area contributed by atoms with Crippen LogP contribution in [0.15, 0.2) is 48.5 Å². The molecule has 3 aromatic rings. The molecule has 0 aliphatic heterocycles. The zero-order valence-corrected chi connectivity index (χ0v) is 25.6. The molecule has 0 saturated heterocycles. The molecular weight excluding hydrogens is 514 g/mol. The molecule has 1 aromatic heterocycles. The first kappa shape index (κ1) is 32.4. The normalized spacial score (nSPS) is 13.6. The Morgan fingerprint density at radius 3 is 1.93 bits per heavy atom. The number of carbonyl (C=O) groups excluding carboxylic acids is 1. The number of benzene rings is 2. The molecule has 8 heteroatoms. The molecule has 0 aliphatic carbocycles. The number of hydrogen-bond donors (Lipinski definition) is 1.